The van der Waals surface area contributed by atoms with Crippen LogP contribution in [0.3, 0.4) is 0 Å². The van der Waals surface area contributed by atoms with Crippen molar-refractivity contribution in [2.24, 2.45) is 5.14 Å². The number of aryl methyl sites for hydroxylation is 1. The van der Waals surface area contributed by atoms with Crippen LogP contribution in [0.2, 0.25) is 0 Å². The van der Waals surface area contributed by atoms with E-state index < -0.39 is 10.0 Å². The predicted octanol–water partition coefficient (Wildman–Crippen LogP) is 1.45. The molecule has 8 heteroatoms. The molecule has 0 fully saturated rings. The molecule has 112 valence electrons. The zero-order valence-electron chi connectivity index (χ0n) is 11.6. The summed E-state index contributed by atoms with van der Waals surface area (Å²) in [7, 11) is -3.69. The molecule has 1 aliphatic heterocycles. The van der Waals surface area contributed by atoms with E-state index in [4.69, 9.17) is 5.14 Å². The Morgan fingerprint density at radius 2 is 2.19 bits per heavy atom. The summed E-state index contributed by atoms with van der Waals surface area (Å²) in [5, 5.41) is 15.3. The summed E-state index contributed by atoms with van der Waals surface area (Å²) in [5.74, 6) is 0. The minimum atomic E-state index is -3.69. The van der Waals surface area contributed by atoms with Crippen LogP contribution < -0.4 is 10.0 Å². The van der Waals surface area contributed by atoms with Gasteiger partial charge in [-0.3, -0.25) is 0 Å². The number of fused-ring (bicyclic) bond motifs is 1. The van der Waals surface area contributed by atoms with Crippen molar-refractivity contribution in [3.8, 4) is 0 Å². The van der Waals surface area contributed by atoms with Crippen molar-refractivity contribution in [3.05, 3.63) is 33.8 Å². The topological polar surface area (TPSA) is 89.2 Å². The normalized spacial score (nSPS) is 15.0. The van der Waals surface area contributed by atoms with Crippen LogP contribution in [-0.4, -0.2) is 25.2 Å². The molecule has 0 aliphatic carbocycles. The van der Waals surface area contributed by atoms with Crippen LogP contribution in [0.5, 0.6) is 0 Å². The molecule has 0 atom stereocenters. The van der Waals surface area contributed by atoms with Gasteiger partial charge in [0.05, 0.1) is 11.4 Å². The maximum atomic E-state index is 11.7. The van der Waals surface area contributed by atoms with Gasteiger partial charge in [-0.05, 0) is 37.5 Å². The van der Waals surface area contributed by atoms with Gasteiger partial charge in [-0.2, -0.15) is 0 Å². The molecule has 0 unspecified atom stereocenters. The Balaban J connectivity index is 1.99. The molecular formula is C13H16N4O2S2. The van der Waals surface area contributed by atoms with E-state index in [9.17, 15) is 8.42 Å². The first-order valence-corrected chi connectivity index (χ1v) is 9.00. The highest BCUT2D eigenvalue weighted by molar-refractivity contribution is 7.89. The molecule has 2 aromatic rings. The standard InChI is InChI=1S/C13H16N4O2S2/c1-9-15-16-13(20-9)8-17-7-3-4-10-11(17)5-2-6-12(10)21(14,18)19/h2,5-6H,3-4,7-8H2,1H3,(H2,14,18,19). The molecule has 6 nitrogen and oxygen atoms in total. The Bertz CT molecular complexity index is 770. The highest BCUT2D eigenvalue weighted by atomic mass is 32.2. The van der Waals surface area contributed by atoms with E-state index in [1.165, 1.54) is 0 Å². The minimum Gasteiger partial charge on any atom is -0.364 e. The Kier molecular flexibility index (Phi) is 3.68. The van der Waals surface area contributed by atoms with E-state index in [0.29, 0.717) is 6.54 Å². The monoisotopic (exact) mass is 324 g/mol. The van der Waals surface area contributed by atoms with Crippen molar-refractivity contribution >= 4 is 27.0 Å². The summed E-state index contributed by atoms with van der Waals surface area (Å²) in [6, 6.07) is 5.26. The third kappa shape index (κ3) is 2.92. The van der Waals surface area contributed by atoms with Gasteiger partial charge >= 0.3 is 0 Å². The van der Waals surface area contributed by atoms with E-state index in [-0.39, 0.29) is 4.90 Å². The molecule has 0 saturated heterocycles. The molecule has 1 aromatic heterocycles. The lowest BCUT2D eigenvalue weighted by molar-refractivity contribution is 0.594. The van der Waals surface area contributed by atoms with Gasteiger partial charge in [-0.15, -0.1) is 10.2 Å². The number of nitrogens with two attached hydrogens (primary N) is 1. The summed E-state index contributed by atoms with van der Waals surface area (Å²) in [6.07, 6.45) is 1.63. The lowest BCUT2D eigenvalue weighted by Crippen LogP contribution is -2.30. The van der Waals surface area contributed by atoms with Crippen molar-refractivity contribution in [1.82, 2.24) is 10.2 Å². The molecule has 1 aromatic carbocycles. The molecule has 0 amide bonds. The third-order valence-corrected chi connectivity index (χ3v) is 5.32. The number of aromatic nitrogens is 2. The fourth-order valence-corrected chi connectivity index (χ4v) is 4.21. The fraction of sp³-hybridized carbons (Fsp3) is 0.385. The lowest BCUT2D eigenvalue weighted by Gasteiger charge is -2.31. The van der Waals surface area contributed by atoms with Crippen LogP contribution in [0.25, 0.3) is 0 Å². The van der Waals surface area contributed by atoms with Crippen LogP contribution in [0.1, 0.15) is 22.0 Å². The zero-order valence-corrected chi connectivity index (χ0v) is 13.2. The van der Waals surface area contributed by atoms with Crippen LogP contribution in [-0.2, 0) is 23.0 Å². The number of rotatable bonds is 3. The fourth-order valence-electron chi connectivity index (χ4n) is 2.66. The average Bonchev–Trinajstić information content (AvgIpc) is 2.83. The molecule has 1 aliphatic rings. The first kappa shape index (κ1) is 14.4. The van der Waals surface area contributed by atoms with Gasteiger partial charge in [0.1, 0.15) is 10.0 Å². The van der Waals surface area contributed by atoms with Crippen LogP contribution in [0.15, 0.2) is 23.1 Å². The highest BCUT2D eigenvalue weighted by Gasteiger charge is 2.24. The number of anilines is 1. The summed E-state index contributed by atoms with van der Waals surface area (Å²) in [6.45, 7) is 3.44. The van der Waals surface area contributed by atoms with E-state index in [1.54, 1.807) is 23.5 Å². The molecule has 0 bridgehead atoms. The smallest absolute Gasteiger partial charge is 0.238 e. The maximum Gasteiger partial charge on any atom is 0.238 e. The first-order chi connectivity index (χ1) is 9.95. The second-order valence-electron chi connectivity index (χ2n) is 5.04. The second kappa shape index (κ2) is 5.36. The van der Waals surface area contributed by atoms with Gasteiger partial charge < -0.3 is 4.90 Å². The predicted molar refractivity (Wildman–Crippen MR) is 81.8 cm³/mol. The third-order valence-electron chi connectivity index (χ3n) is 3.50. The van der Waals surface area contributed by atoms with E-state index in [1.807, 2.05) is 13.0 Å². The van der Waals surface area contributed by atoms with Crippen LogP contribution in [0.4, 0.5) is 5.69 Å². The number of primary sulfonamides is 1. The van der Waals surface area contributed by atoms with Gasteiger partial charge in [-0.25, -0.2) is 13.6 Å². The van der Waals surface area contributed by atoms with Crippen molar-refractivity contribution in [1.29, 1.82) is 0 Å². The number of hydrogen-bond acceptors (Lipinski definition) is 6. The Morgan fingerprint density at radius 3 is 2.86 bits per heavy atom. The molecular weight excluding hydrogens is 308 g/mol. The van der Waals surface area contributed by atoms with E-state index >= 15 is 0 Å². The van der Waals surface area contributed by atoms with Crippen molar-refractivity contribution in [2.75, 3.05) is 11.4 Å². The summed E-state index contributed by atoms with van der Waals surface area (Å²) < 4.78 is 23.4. The quantitative estimate of drug-likeness (QED) is 0.923. The van der Waals surface area contributed by atoms with Crippen molar-refractivity contribution in [2.45, 2.75) is 31.2 Å². The van der Waals surface area contributed by atoms with Crippen molar-refractivity contribution < 1.29 is 8.42 Å². The molecule has 2 N–H and O–H groups in total. The number of benzene rings is 1. The van der Waals surface area contributed by atoms with Gasteiger partial charge in [-0.1, -0.05) is 17.4 Å². The van der Waals surface area contributed by atoms with Crippen LogP contribution in [0, 0.1) is 6.92 Å². The number of hydrogen-bond donors (Lipinski definition) is 1. The molecule has 21 heavy (non-hydrogen) atoms. The molecule has 0 spiro atoms. The van der Waals surface area contributed by atoms with Gasteiger partial charge in [0.25, 0.3) is 0 Å². The van der Waals surface area contributed by atoms with Crippen molar-refractivity contribution in [3.63, 3.8) is 0 Å². The van der Waals surface area contributed by atoms with E-state index in [0.717, 1.165) is 40.7 Å². The minimum absolute atomic E-state index is 0.234. The zero-order chi connectivity index (χ0) is 15.0. The largest absolute Gasteiger partial charge is 0.364 e. The summed E-state index contributed by atoms with van der Waals surface area (Å²) >= 11 is 1.56. The first-order valence-electron chi connectivity index (χ1n) is 6.64. The van der Waals surface area contributed by atoms with Gasteiger partial charge in [0, 0.05) is 12.2 Å². The summed E-state index contributed by atoms with van der Waals surface area (Å²) in [5.41, 5.74) is 1.74. The highest BCUT2D eigenvalue weighted by Crippen LogP contribution is 2.32. The van der Waals surface area contributed by atoms with Gasteiger partial charge in [0.15, 0.2) is 0 Å². The second-order valence-corrected chi connectivity index (χ2v) is 7.83. The SMILES string of the molecule is Cc1nnc(CN2CCCc3c2cccc3S(N)(=O)=O)s1. The van der Waals surface area contributed by atoms with E-state index in [2.05, 4.69) is 15.1 Å². The molecule has 0 saturated carbocycles. The molecule has 0 radical (unpaired) electrons. The number of sulfonamides is 1. The Morgan fingerprint density at radius 1 is 1.38 bits per heavy atom. The Labute approximate surface area is 127 Å². The lowest BCUT2D eigenvalue weighted by atomic mass is 10.0. The van der Waals surface area contributed by atoms with Gasteiger partial charge in [0.2, 0.25) is 10.0 Å². The average molecular weight is 324 g/mol. The van der Waals surface area contributed by atoms with Crippen LogP contribution >= 0.6 is 11.3 Å². The Hall–Kier alpha value is -1.51. The molecule has 3 rings (SSSR count). The summed E-state index contributed by atoms with van der Waals surface area (Å²) in [4.78, 5) is 2.38. The number of nitrogens with zero attached hydrogens (tertiary/aromatic N) is 3. The molecule has 2 heterocycles. The maximum absolute atomic E-state index is 11.7.